The second kappa shape index (κ2) is 4.99. The van der Waals surface area contributed by atoms with E-state index < -0.39 is 0 Å². The van der Waals surface area contributed by atoms with Crippen molar-refractivity contribution >= 4 is 28.2 Å². The van der Waals surface area contributed by atoms with E-state index in [2.05, 4.69) is 22.4 Å². The molecule has 0 aliphatic rings. The van der Waals surface area contributed by atoms with Crippen LogP contribution in [0.2, 0.25) is 0 Å². The van der Waals surface area contributed by atoms with Crippen molar-refractivity contribution in [2.24, 2.45) is 0 Å². The first-order valence-electron chi connectivity index (χ1n) is 5.05. The van der Waals surface area contributed by atoms with Crippen molar-refractivity contribution in [3.8, 4) is 0 Å². The highest BCUT2D eigenvalue weighted by Crippen LogP contribution is 2.19. The molecule has 2 nitrogen and oxygen atoms in total. The third-order valence-corrected chi connectivity index (χ3v) is 2.54. The normalized spacial score (nSPS) is 10.5. The van der Waals surface area contributed by atoms with Gasteiger partial charge in [-0.3, -0.25) is 0 Å². The average molecular weight is 221 g/mol. The molecule has 78 valence electrons. The van der Waals surface area contributed by atoms with E-state index in [1.54, 1.807) is 0 Å². The summed E-state index contributed by atoms with van der Waals surface area (Å²) < 4.78 is 0. The molecule has 0 unspecified atom stereocenters. The third kappa shape index (κ3) is 2.39. The molecule has 0 atom stereocenters. The molecule has 0 saturated heterocycles. The van der Waals surface area contributed by atoms with Gasteiger partial charge in [-0.1, -0.05) is 24.3 Å². The van der Waals surface area contributed by atoms with Crippen LogP contribution in [0.25, 0.3) is 10.8 Å². The number of benzene rings is 1. The number of halogens is 1. The number of aromatic nitrogens is 1. The largest absolute Gasteiger partial charge is 0.370 e. The molecule has 0 saturated carbocycles. The van der Waals surface area contributed by atoms with E-state index >= 15 is 0 Å². The van der Waals surface area contributed by atoms with Gasteiger partial charge in [0.05, 0.1) is 0 Å². The molecule has 0 aliphatic heterocycles. The lowest BCUT2D eigenvalue weighted by molar-refractivity contribution is 0.979. The number of fused-ring (bicyclic) bond motifs is 1. The Morgan fingerprint density at radius 2 is 2.07 bits per heavy atom. The molecule has 0 amide bonds. The number of nitrogens with one attached hydrogen (secondary N) is 1. The van der Waals surface area contributed by atoms with Gasteiger partial charge >= 0.3 is 0 Å². The lowest BCUT2D eigenvalue weighted by Gasteiger charge is -2.07. The van der Waals surface area contributed by atoms with E-state index in [9.17, 15) is 0 Å². The Kier molecular flexibility index (Phi) is 3.41. The van der Waals surface area contributed by atoms with Gasteiger partial charge in [-0.2, -0.15) is 0 Å². The molecule has 0 fully saturated rings. The maximum atomic E-state index is 5.63. The minimum Gasteiger partial charge on any atom is -0.370 e. The molecule has 15 heavy (non-hydrogen) atoms. The molecule has 2 aromatic rings. The standard InChI is InChI=1S/C12H13ClN2/c13-7-3-8-14-12-11-5-2-1-4-10(11)6-9-15-12/h1-2,4-6,9H,3,7-8H2,(H,14,15). The third-order valence-electron chi connectivity index (χ3n) is 2.28. The summed E-state index contributed by atoms with van der Waals surface area (Å²) >= 11 is 5.63. The summed E-state index contributed by atoms with van der Waals surface area (Å²) in [5.74, 6) is 1.62. The van der Waals surface area contributed by atoms with Gasteiger partial charge in [-0.05, 0) is 17.9 Å². The second-order valence-corrected chi connectivity index (χ2v) is 3.73. The Labute approximate surface area is 94.3 Å². The van der Waals surface area contributed by atoms with Crippen LogP contribution in [-0.2, 0) is 0 Å². The van der Waals surface area contributed by atoms with Crippen LogP contribution in [0.4, 0.5) is 5.82 Å². The maximum Gasteiger partial charge on any atom is 0.133 e. The smallest absolute Gasteiger partial charge is 0.133 e. The van der Waals surface area contributed by atoms with Gasteiger partial charge in [0, 0.05) is 24.0 Å². The molecule has 0 bridgehead atoms. The topological polar surface area (TPSA) is 24.9 Å². The second-order valence-electron chi connectivity index (χ2n) is 3.35. The lowest BCUT2D eigenvalue weighted by Crippen LogP contribution is -2.03. The van der Waals surface area contributed by atoms with Crippen molar-refractivity contribution in [2.45, 2.75) is 6.42 Å². The van der Waals surface area contributed by atoms with E-state index in [0.717, 1.165) is 24.2 Å². The van der Waals surface area contributed by atoms with Crippen molar-refractivity contribution in [2.75, 3.05) is 17.7 Å². The molecule has 0 spiro atoms. The summed E-state index contributed by atoms with van der Waals surface area (Å²) in [5.41, 5.74) is 0. The number of nitrogens with zero attached hydrogens (tertiary/aromatic N) is 1. The van der Waals surface area contributed by atoms with Crippen LogP contribution < -0.4 is 5.32 Å². The van der Waals surface area contributed by atoms with Crippen LogP contribution in [0.3, 0.4) is 0 Å². The Hall–Kier alpha value is -1.28. The monoisotopic (exact) mass is 220 g/mol. The number of hydrogen-bond acceptors (Lipinski definition) is 2. The summed E-state index contributed by atoms with van der Waals surface area (Å²) in [6.45, 7) is 0.866. The zero-order valence-corrected chi connectivity index (χ0v) is 9.17. The van der Waals surface area contributed by atoms with Crippen molar-refractivity contribution < 1.29 is 0 Å². The van der Waals surface area contributed by atoms with Gasteiger partial charge in [0.2, 0.25) is 0 Å². The van der Waals surface area contributed by atoms with Crippen LogP contribution in [0, 0.1) is 0 Å². The fourth-order valence-electron chi connectivity index (χ4n) is 1.53. The van der Waals surface area contributed by atoms with Crippen LogP contribution in [-0.4, -0.2) is 17.4 Å². The van der Waals surface area contributed by atoms with Crippen LogP contribution in [0.5, 0.6) is 0 Å². The molecule has 0 aliphatic carbocycles. The van der Waals surface area contributed by atoms with Crippen molar-refractivity contribution in [1.29, 1.82) is 0 Å². The number of hydrogen-bond donors (Lipinski definition) is 1. The van der Waals surface area contributed by atoms with Crippen molar-refractivity contribution in [3.63, 3.8) is 0 Å². The summed E-state index contributed by atoms with van der Waals surface area (Å²) in [7, 11) is 0. The molecular formula is C12H13ClN2. The maximum absolute atomic E-state index is 5.63. The zero-order chi connectivity index (χ0) is 10.5. The predicted molar refractivity (Wildman–Crippen MR) is 65.6 cm³/mol. The molecular weight excluding hydrogens is 208 g/mol. The van der Waals surface area contributed by atoms with Crippen LogP contribution in [0.15, 0.2) is 36.5 Å². The quantitative estimate of drug-likeness (QED) is 0.632. The summed E-state index contributed by atoms with van der Waals surface area (Å²) in [5, 5.41) is 5.66. The Morgan fingerprint density at radius 1 is 1.20 bits per heavy atom. The van der Waals surface area contributed by atoms with E-state index in [-0.39, 0.29) is 0 Å². The molecule has 1 aromatic carbocycles. The number of alkyl halides is 1. The summed E-state index contributed by atoms with van der Waals surface area (Å²) in [4.78, 5) is 4.32. The first kappa shape index (κ1) is 10.2. The van der Waals surface area contributed by atoms with Crippen LogP contribution in [0.1, 0.15) is 6.42 Å². The van der Waals surface area contributed by atoms with Gasteiger partial charge in [0.1, 0.15) is 5.82 Å². The molecule has 1 heterocycles. The summed E-state index contributed by atoms with van der Waals surface area (Å²) in [6.07, 6.45) is 2.78. The van der Waals surface area contributed by atoms with Gasteiger partial charge in [-0.15, -0.1) is 11.6 Å². The number of rotatable bonds is 4. The van der Waals surface area contributed by atoms with Crippen molar-refractivity contribution in [1.82, 2.24) is 4.98 Å². The summed E-state index contributed by atoms with van der Waals surface area (Å²) in [6, 6.07) is 10.2. The fourth-order valence-corrected chi connectivity index (χ4v) is 1.67. The van der Waals surface area contributed by atoms with E-state index in [4.69, 9.17) is 11.6 Å². The SMILES string of the molecule is ClCCCNc1nccc2ccccc12. The Balaban J connectivity index is 2.26. The number of pyridine rings is 1. The average Bonchev–Trinajstić information content (AvgIpc) is 2.30. The van der Waals surface area contributed by atoms with Gasteiger partial charge < -0.3 is 5.32 Å². The highest BCUT2D eigenvalue weighted by Gasteiger charge is 1.99. The predicted octanol–water partition coefficient (Wildman–Crippen LogP) is 3.28. The van der Waals surface area contributed by atoms with Gasteiger partial charge in [0.15, 0.2) is 0 Å². The Morgan fingerprint density at radius 3 is 2.93 bits per heavy atom. The van der Waals surface area contributed by atoms with E-state index in [1.165, 1.54) is 5.39 Å². The lowest BCUT2D eigenvalue weighted by atomic mass is 10.1. The van der Waals surface area contributed by atoms with Gasteiger partial charge in [0.25, 0.3) is 0 Å². The number of anilines is 1. The van der Waals surface area contributed by atoms with E-state index in [1.807, 2.05) is 24.4 Å². The molecule has 1 aromatic heterocycles. The molecule has 2 rings (SSSR count). The van der Waals surface area contributed by atoms with Crippen molar-refractivity contribution in [3.05, 3.63) is 36.5 Å². The molecule has 0 radical (unpaired) electrons. The van der Waals surface area contributed by atoms with Gasteiger partial charge in [-0.25, -0.2) is 4.98 Å². The first-order chi connectivity index (χ1) is 7.42. The van der Waals surface area contributed by atoms with Crippen LogP contribution >= 0.6 is 11.6 Å². The highest BCUT2D eigenvalue weighted by atomic mass is 35.5. The Bertz CT molecular complexity index is 437. The minimum absolute atomic E-state index is 0.678. The first-order valence-corrected chi connectivity index (χ1v) is 5.59. The highest BCUT2D eigenvalue weighted by molar-refractivity contribution is 6.17. The zero-order valence-electron chi connectivity index (χ0n) is 8.41. The molecule has 3 heteroatoms. The van der Waals surface area contributed by atoms with E-state index in [0.29, 0.717) is 5.88 Å². The fraction of sp³-hybridized carbons (Fsp3) is 0.250. The minimum atomic E-state index is 0.678. The molecule has 1 N–H and O–H groups in total.